The number of carbonyl (C=O) groups is 4. The van der Waals surface area contributed by atoms with Crippen molar-refractivity contribution in [3.63, 3.8) is 0 Å². The van der Waals surface area contributed by atoms with Crippen LogP contribution in [0.3, 0.4) is 0 Å². The second-order valence-electron chi connectivity index (χ2n) is 11.8. The first-order valence-electron chi connectivity index (χ1n) is 16.8. The number of alkyl halides is 2. The fourth-order valence-electron chi connectivity index (χ4n) is 5.53. The number of aromatic nitrogens is 2. The van der Waals surface area contributed by atoms with Crippen LogP contribution in [-0.2, 0) is 54.3 Å². The number of imidazole rings is 1. The quantitative estimate of drug-likeness (QED) is 0.0992. The highest BCUT2D eigenvalue weighted by molar-refractivity contribution is 8.07. The number of halogens is 3. The van der Waals surface area contributed by atoms with Gasteiger partial charge in [-0.25, -0.2) is 27.5 Å². The standard InChI is InChI=1S/C10H13NO5S.C10H15NO4.C9H17N.C3H3ClN2OS.CH2Cl2.7H2S.4H2/c1-4-6-8(10(13)15-5-2)11-7(3)9(12)16-17(11)14;1-4-6-8(10(14)15-5-2)11-7(3)9(12)13;1-7-6-8-4-2-3-5-9(8)10-7;4-8(7)6-2-1-5-3-6;2-1-3;;;;;;;;;;;/h2,7-8H,4,6H2,1,3H3;2,7-8,11H,4,6H2,1,3H3,(H,12,13);7-10H,2-6H2,1H3;1-3H;1H2;7*1H2;4*1H/t7-,8-,17?;7-,8-;7-,8+,9+;;;;;;;;;;;;;/m000............./s1. The van der Waals surface area contributed by atoms with E-state index in [1.54, 1.807) is 12.2 Å². The first-order chi connectivity index (χ1) is 25.1. The molecule has 4 rings (SSSR count). The maximum Gasteiger partial charge on any atom is 0.339 e. The van der Waals surface area contributed by atoms with Crippen LogP contribution in [0, 0.1) is 31.0 Å². The normalized spacial score (nSPS) is 20.8. The molecule has 364 valence electrons. The number of esters is 2. The number of aliphatic carboxylic acids is 1. The highest BCUT2D eigenvalue weighted by Crippen LogP contribution is 2.32. The van der Waals surface area contributed by atoms with Gasteiger partial charge < -0.3 is 24.1 Å². The van der Waals surface area contributed by atoms with Gasteiger partial charge in [0.25, 0.3) is 11.3 Å². The summed E-state index contributed by atoms with van der Waals surface area (Å²) in [6.45, 7) is 9.01. The molecular weight excluding hydrogens is 1020 g/mol. The van der Waals surface area contributed by atoms with Gasteiger partial charge in [-0.2, -0.15) is 103 Å². The molecular formula is C33H72Cl3N5O10S9. The Balaban J connectivity index is -0.0000000534. The first kappa shape index (κ1) is 77.0. The Morgan fingerprint density at radius 2 is 1.57 bits per heavy atom. The van der Waals surface area contributed by atoms with Crippen LogP contribution in [0.1, 0.15) is 98.1 Å². The second-order valence-corrected chi connectivity index (χ2v) is 15.2. The van der Waals surface area contributed by atoms with Crippen LogP contribution in [0.25, 0.3) is 0 Å². The number of fused-ring (bicyclic) bond motifs is 1. The van der Waals surface area contributed by atoms with Gasteiger partial charge in [0, 0.05) is 40.9 Å². The zero-order valence-corrected chi connectivity index (χ0v) is 44.8. The molecule has 3 N–H and O–H groups in total. The van der Waals surface area contributed by atoms with Crippen molar-refractivity contribution in [3.05, 3.63) is 18.7 Å². The number of carboxylic acid groups (broad SMARTS) is 1. The fraction of sp³-hybridized carbons (Fsp3) is 0.667. The van der Waals surface area contributed by atoms with E-state index in [1.807, 2.05) is 13.8 Å². The number of nitrogens with zero attached hydrogens (tertiary/aromatic N) is 3. The van der Waals surface area contributed by atoms with Crippen LogP contribution in [-0.4, -0.2) is 92.3 Å². The van der Waals surface area contributed by atoms with Gasteiger partial charge in [0.05, 0.1) is 5.34 Å². The molecule has 0 amide bonds. The Morgan fingerprint density at radius 1 is 1.05 bits per heavy atom. The average Bonchev–Trinajstić information content (AvgIpc) is 3.84. The molecule has 60 heavy (non-hydrogen) atoms. The predicted octanol–water partition coefficient (Wildman–Crippen LogP) is 6.14. The van der Waals surface area contributed by atoms with Gasteiger partial charge in [-0.3, -0.25) is 10.1 Å². The summed E-state index contributed by atoms with van der Waals surface area (Å²) in [5.41, 5.74) is 0. The van der Waals surface area contributed by atoms with Crippen LogP contribution in [0.5, 0.6) is 0 Å². The van der Waals surface area contributed by atoms with Crippen molar-refractivity contribution >= 4 is 174 Å². The molecule has 3 heterocycles. The summed E-state index contributed by atoms with van der Waals surface area (Å²) in [6, 6.07) is -1.38. The molecule has 1 aromatic rings. The fourth-order valence-corrected chi connectivity index (χ4v) is 7.16. The van der Waals surface area contributed by atoms with E-state index in [2.05, 4.69) is 36.2 Å². The third kappa shape index (κ3) is 30.7. The molecule has 1 saturated carbocycles. The maximum atomic E-state index is 11.6. The number of hydrogen-bond donors (Lipinski definition) is 3. The van der Waals surface area contributed by atoms with E-state index < -0.39 is 69.5 Å². The molecule has 2 saturated heterocycles. The molecule has 2 aliphatic heterocycles. The Labute approximate surface area is 430 Å². The summed E-state index contributed by atoms with van der Waals surface area (Å²) < 4.78 is 37.7. The third-order valence-corrected chi connectivity index (χ3v) is 10.1. The van der Waals surface area contributed by atoms with E-state index in [1.165, 1.54) is 73.0 Å². The van der Waals surface area contributed by atoms with Crippen molar-refractivity contribution in [2.24, 2.45) is 5.92 Å². The average molecular weight is 1090 g/mol. The van der Waals surface area contributed by atoms with Crippen molar-refractivity contribution in [2.45, 2.75) is 129 Å². The van der Waals surface area contributed by atoms with Crippen molar-refractivity contribution in [1.29, 1.82) is 0 Å². The Hall–Kier alpha value is -0.290. The lowest BCUT2D eigenvalue weighted by Gasteiger charge is -2.24. The number of ether oxygens (including phenoxy) is 2. The Bertz CT molecular complexity index is 1430. The first-order valence-corrected chi connectivity index (χ1v) is 20.8. The highest BCUT2D eigenvalue weighted by Gasteiger charge is 2.45. The molecule has 0 bridgehead atoms. The van der Waals surface area contributed by atoms with E-state index in [0.29, 0.717) is 19.3 Å². The summed E-state index contributed by atoms with van der Waals surface area (Å²) in [5, 5.41) is 15.1. The number of rotatable bonds is 11. The SMILES string of the molecule is C#COC(=O)[C@H](CCC)N1[C@@H](C)C(=O)OS1=O.C#COC(=O)[C@H](CCC)N[C@@H](C)C(=O)O.C[C@H]1C[C@H]2CCCC[C@H]2N1.ClCCl.O=S(Cl)n1ccnc1.S.S.S.S.S.S.S.[HH].[HH].[HH].[HH]. The molecule has 0 aromatic carbocycles. The topological polar surface area (TPSA) is 195 Å². The van der Waals surface area contributed by atoms with Crippen molar-refractivity contribution in [1.82, 2.24) is 23.9 Å². The van der Waals surface area contributed by atoms with Crippen molar-refractivity contribution in [3.8, 4) is 25.1 Å². The van der Waals surface area contributed by atoms with Crippen molar-refractivity contribution < 1.29 is 52.1 Å². The van der Waals surface area contributed by atoms with Gasteiger partial charge in [0.2, 0.25) is 10.2 Å². The van der Waals surface area contributed by atoms with E-state index in [4.69, 9.17) is 51.8 Å². The minimum Gasteiger partial charge on any atom is -0.480 e. The summed E-state index contributed by atoms with van der Waals surface area (Å²) in [7, 11) is 3.67. The monoisotopic (exact) mass is 1090 g/mol. The molecule has 2 unspecified atom stereocenters. The van der Waals surface area contributed by atoms with Crippen LogP contribution in [0.15, 0.2) is 18.7 Å². The number of nitrogens with one attached hydrogen (secondary N) is 2. The van der Waals surface area contributed by atoms with Crippen molar-refractivity contribution in [2.75, 3.05) is 5.34 Å². The summed E-state index contributed by atoms with van der Waals surface area (Å²) in [4.78, 5) is 48.3. The Kier molecular flexibility index (Phi) is 58.1. The molecule has 1 aromatic heterocycles. The number of terminal acetylenes is 2. The largest absolute Gasteiger partial charge is 0.480 e. The number of carbonyl (C=O) groups excluding carboxylic acids is 3. The molecule has 15 nitrogen and oxygen atoms in total. The van der Waals surface area contributed by atoms with Gasteiger partial charge in [-0.1, -0.05) is 52.4 Å². The van der Waals surface area contributed by atoms with Gasteiger partial charge in [-0.15, -0.1) is 23.2 Å². The van der Waals surface area contributed by atoms with Crippen LogP contribution in [0.2, 0.25) is 0 Å². The third-order valence-electron chi connectivity index (χ3n) is 7.90. The highest BCUT2D eigenvalue weighted by atomic mass is 35.7. The van der Waals surface area contributed by atoms with E-state index in [-0.39, 0.29) is 106 Å². The predicted molar refractivity (Wildman–Crippen MR) is 285 cm³/mol. The molecule has 1 aliphatic carbocycles. The summed E-state index contributed by atoms with van der Waals surface area (Å²) >= 11 is 7.57. The maximum absolute atomic E-state index is 11.6. The van der Waals surface area contributed by atoms with Gasteiger partial charge in [0.15, 0.2) is 0 Å². The molecule has 3 aliphatic rings. The Morgan fingerprint density at radius 3 is 1.95 bits per heavy atom. The number of hydrogen-bond acceptors (Lipinski definition) is 12. The molecule has 3 fully saturated rings. The zero-order chi connectivity index (χ0) is 40.5. The molecule has 27 heteroatoms. The zero-order valence-electron chi connectivity index (χ0n) is 33.9. The molecule has 0 spiro atoms. The summed E-state index contributed by atoms with van der Waals surface area (Å²) in [5.74, 6) is -1.94. The van der Waals surface area contributed by atoms with Crippen LogP contribution < -0.4 is 10.6 Å². The minimum absolute atomic E-state index is 0. The second kappa shape index (κ2) is 45.3. The van der Waals surface area contributed by atoms with E-state index in [0.717, 1.165) is 24.4 Å². The van der Waals surface area contributed by atoms with E-state index in [9.17, 15) is 27.6 Å². The van der Waals surface area contributed by atoms with Gasteiger partial charge in [0.1, 0.15) is 42.7 Å². The lowest BCUT2D eigenvalue weighted by Crippen LogP contribution is -2.45. The summed E-state index contributed by atoms with van der Waals surface area (Å²) in [6.07, 6.45) is 27.2. The van der Waals surface area contributed by atoms with E-state index >= 15 is 0 Å². The lowest BCUT2D eigenvalue weighted by molar-refractivity contribution is -0.144. The number of carboxylic acids is 1. The lowest BCUT2D eigenvalue weighted by atomic mass is 9.85. The van der Waals surface area contributed by atoms with Gasteiger partial charge >= 0.3 is 23.9 Å². The van der Waals surface area contributed by atoms with Gasteiger partial charge in [-0.05, 0) is 58.8 Å². The minimum atomic E-state index is -1.96. The van der Waals surface area contributed by atoms with Crippen LogP contribution in [0.4, 0.5) is 0 Å². The smallest absolute Gasteiger partial charge is 0.339 e. The molecule has 9 atom stereocenters. The molecule has 0 radical (unpaired) electrons. The van der Waals surface area contributed by atoms with Crippen LogP contribution >= 0.6 is 128 Å².